The zero-order chi connectivity index (χ0) is 9.94. The Balaban J connectivity index is 4.74. The Morgan fingerprint density at radius 3 is 1.75 bits per heavy atom. The molecule has 0 rings (SSSR count). The summed E-state index contributed by atoms with van der Waals surface area (Å²) < 4.78 is 4.69. The lowest BCUT2D eigenvalue weighted by Gasteiger charge is -2.33. The molecule has 0 aromatic rings. The summed E-state index contributed by atoms with van der Waals surface area (Å²) in [6.07, 6.45) is 0. The van der Waals surface area contributed by atoms with E-state index in [4.69, 9.17) is 0 Å². The summed E-state index contributed by atoms with van der Waals surface area (Å²) in [5, 5.41) is 9.98. The molecule has 0 aliphatic carbocycles. The van der Waals surface area contributed by atoms with Crippen LogP contribution in [0.2, 0.25) is 0 Å². The summed E-state index contributed by atoms with van der Waals surface area (Å²) in [5.74, 6) is -0.711. The van der Waals surface area contributed by atoms with E-state index in [-0.39, 0.29) is 11.8 Å². The predicted octanol–water partition coefficient (Wildman–Crippen LogP) is -0.147. The van der Waals surface area contributed by atoms with Gasteiger partial charge in [0.05, 0.1) is 0 Å². The summed E-state index contributed by atoms with van der Waals surface area (Å²) in [6.45, 7) is 7.27. The van der Waals surface area contributed by atoms with Crippen LogP contribution >= 0.6 is 0 Å². The second kappa shape index (κ2) is 4.05. The Kier molecular flexibility index (Phi) is 3.93. The molecule has 0 aliphatic heterocycles. The zero-order valence-corrected chi connectivity index (χ0v) is 10.4. The quantitative estimate of drug-likeness (QED) is 0.630. The monoisotopic (exact) mass is 190 g/mol. The summed E-state index contributed by atoms with van der Waals surface area (Å²) in [4.78, 5) is 11.3. The van der Waals surface area contributed by atoms with Crippen LogP contribution in [-0.4, -0.2) is 27.2 Å². The van der Waals surface area contributed by atoms with E-state index >= 15 is 0 Å². The highest BCUT2D eigenvalue weighted by atomic mass is 28.2. The van der Waals surface area contributed by atoms with Gasteiger partial charge in [-0.2, -0.15) is 0 Å². The molecule has 3 nitrogen and oxygen atoms in total. The van der Waals surface area contributed by atoms with Gasteiger partial charge in [-0.25, -0.2) is 0 Å². The van der Waals surface area contributed by atoms with Crippen LogP contribution in [0.25, 0.3) is 0 Å². The number of carbonyl (C=O) groups is 1. The first-order valence-corrected chi connectivity index (χ1v) is 4.99. The van der Waals surface area contributed by atoms with Gasteiger partial charge in [-0.05, 0) is 11.8 Å². The van der Waals surface area contributed by atoms with Gasteiger partial charge in [0.1, 0.15) is 0 Å². The molecular formula is C8H18O3Si. The molecule has 0 saturated heterocycles. The minimum atomic E-state index is -1.32. The van der Waals surface area contributed by atoms with Crippen LogP contribution in [0.3, 0.4) is 0 Å². The van der Waals surface area contributed by atoms with Gasteiger partial charge < -0.3 is 9.53 Å². The van der Waals surface area contributed by atoms with Gasteiger partial charge in [0.25, 0.3) is 0 Å². The lowest BCUT2D eigenvalue weighted by Crippen LogP contribution is -2.49. The maximum atomic E-state index is 11.3. The maximum absolute atomic E-state index is 11.3. The van der Waals surface area contributed by atoms with Crippen molar-refractivity contribution in [2.45, 2.75) is 33.3 Å². The Hall–Kier alpha value is -0.353. The van der Waals surface area contributed by atoms with Crippen molar-refractivity contribution in [3.05, 3.63) is 0 Å². The first kappa shape index (κ1) is 11.6. The van der Waals surface area contributed by atoms with Crippen molar-refractivity contribution >= 4 is 16.5 Å². The molecule has 1 N–H and O–H groups in total. The number of hydrogen-bond donors (Lipinski definition) is 1. The smallest absolute Gasteiger partial charge is 0.324 e. The third-order valence-electron chi connectivity index (χ3n) is 2.27. The van der Waals surface area contributed by atoms with E-state index in [1.165, 1.54) is 0 Å². The van der Waals surface area contributed by atoms with Crippen LogP contribution in [0, 0.1) is 11.8 Å². The Morgan fingerprint density at radius 1 is 1.33 bits per heavy atom. The Labute approximate surface area is 76.7 Å². The summed E-state index contributed by atoms with van der Waals surface area (Å²) in [6, 6.07) is 0. The van der Waals surface area contributed by atoms with Crippen molar-refractivity contribution in [2.75, 3.05) is 0 Å². The van der Waals surface area contributed by atoms with E-state index in [1.54, 1.807) is 0 Å². The van der Waals surface area contributed by atoms with E-state index in [2.05, 4.69) is 4.43 Å². The fraction of sp³-hybridized carbons (Fsp3) is 0.875. The van der Waals surface area contributed by atoms with Crippen molar-refractivity contribution < 1.29 is 14.3 Å². The van der Waals surface area contributed by atoms with Crippen molar-refractivity contribution in [3.8, 4) is 0 Å². The molecule has 72 valence electrons. The lowest BCUT2D eigenvalue weighted by molar-refractivity contribution is -0.166. The van der Waals surface area contributed by atoms with Crippen LogP contribution in [0.1, 0.15) is 27.7 Å². The SMILES string of the molecule is CC(C)C(O)(C(=O)O[SiH3])C(C)C. The number of rotatable bonds is 3. The Bertz CT molecular complexity index is 158. The zero-order valence-electron chi connectivity index (χ0n) is 8.42. The highest BCUT2D eigenvalue weighted by Crippen LogP contribution is 2.27. The molecular weight excluding hydrogens is 172 g/mol. The molecule has 0 fully saturated rings. The first-order chi connectivity index (χ1) is 5.37. The van der Waals surface area contributed by atoms with E-state index < -0.39 is 11.6 Å². The fourth-order valence-electron chi connectivity index (χ4n) is 1.30. The lowest BCUT2D eigenvalue weighted by atomic mass is 9.80. The van der Waals surface area contributed by atoms with Gasteiger partial charge in [0.2, 0.25) is 10.5 Å². The predicted molar refractivity (Wildman–Crippen MR) is 50.7 cm³/mol. The average molecular weight is 190 g/mol. The van der Waals surface area contributed by atoms with Crippen molar-refractivity contribution in [2.24, 2.45) is 11.8 Å². The van der Waals surface area contributed by atoms with Crippen LogP contribution in [0.15, 0.2) is 0 Å². The van der Waals surface area contributed by atoms with Crippen LogP contribution in [-0.2, 0) is 9.22 Å². The molecule has 0 radical (unpaired) electrons. The van der Waals surface area contributed by atoms with Gasteiger partial charge in [-0.1, -0.05) is 27.7 Å². The van der Waals surface area contributed by atoms with E-state index in [0.29, 0.717) is 10.5 Å². The summed E-state index contributed by atoms with van der Waals surface area (Å²) in [5.41, 5.74) is -1.32. The number of carbonyl (C=O) groups excluding carboxylic acids is 1. The second-order valence-corrected chi connectivity index (χ2v) is 4.03. The highest BCUT2D eigenvalue weighted by molar-refractivity contribution is 6.07. The van der Waals surface area contributed by atoms with Crippen LogP contribution < -0.4 is 0 Å². The van der Waals surface area contributed by atoms with Gasteiger partial charge in [0.15, 0.2) is 5.60 Å². The number of aliphatic hydroxyl groups is 1. The normalized spacial score (nSPS) is 12.6. The third-order valence-corrected chi connectivity index (χ3v) is 2.64. The van der Waals surface area contributed by atoms with E-state index in [1.807, 2.05) is 27.7 Å². The van der Waals surface area contributed by atoms with Crippen molar-refractivity contribution in [1.29, 1.82) is 0 Å². The molecule has 0 aliphatic rings. The second-order valence-electron chi connectivity index (χ2n) is 3.63. The van der Waals surface area contributed by atoms with E-state index in [0.717, 1.165) is 0 Å². The fourth-order valence-corrected chi connectivity index (χ4v) is 1.63. The average Bonchev–Trinajstić information content (AvgIpc) is 2.00. The molecule has 0 aromatic carbocycles. The third kappa shape index (κ3) is 1.87. The van der Waals surface area contributed by atoms with Gasteiger partial charge >= 0.3 is 5.97 Å². The summed E-state index contributed by atoms with van der Waals surface area (Å²) in [7, 11) is 0.336. The van der Waals surface area contributed by atoms with Crippen molar-refractivity contribution in [1.82, 2.24) is 0 Å². The Morgan fingerprint density at radius 2 is 1.67 bits per heavy atom. The molecule has 0 atom stereocenters. The van der Waals surface area contributed by atoms with Crippen LogP contribution in [0.5, 0.6) is 0 Å². The molecule has 0 aromatic heterocycles. The highest BCUT2D eigenvalue weighted by Gasteiger charge is 2.43. The molecule has 0 bridgehead atoms. The minimum absolute atomic E-state index is 0.112. The standard InChI is InChI=1S/C8H18O3Si/c1-5(2)8(10,6(3)4)7(9)11-12/h5-6,10H,1-4,12H3. The molecule has 0 unspecified atom stereocenters. The summed E-state index contributed by atoms with van der Waals surface area (Å²) >= 11 is 0. The molecule has 0 heterocycles. The van der Waals surface area contributed by atoms with Crippen molar-refractivity contribution in [3.63, 3.8) is 0 Å². The largest absolute Gasteiger partial charge is 0.527 e. The molecule has 0 spiro atoms. The maximum Gasteiger partial charge on any atom is 0.324 e. The molecule has 12 heavy (non-hydrogen) atoms. The molecule has 0 amide bonds. The van der Waals surface area contributed by atoms with Gasteiger partial charge in [-0.15, -0.1) is 0 Å². The van der Waals surface area contributed by atoms with Gasteiger partial charge in [-0.3, -0.25) is 4.79 Å². The van der Waals surface area contributed by atoms with Gasteiger partial charge in [0, 0.05) is 0 Å². The molecule has 0 saturated carbocycles. The first-order valence-electron chi connectivity index (χ1n) is 4.18. The van der Waals surface area contributed by atoms with E-state index in [9.17, 15) is 9.90 Å². The number of hydrogen-bond acceptors (Lipinski definition) is 3. The minimum Gasteiger partial charge on any atom is -0.527 e. The molecule has 4 heteroatoms. The topological polar surface area (TPSA) is 46.5 Å². The van der Waals surface area contributed by atoms with Crippen LogP contribution in [0.4, 0.5) is 0 Å².